The summed E-state index contributed by atoms with van der Waals surface area (Å²) in [5.74, 6) is 0. The van der Waals surface area contributed by atoms with Crippen LogP contribution in [0.5, 0.6) is 0 Å². The second-order valence-corrected chi connectivity index (χ2v) is 10.8. The molecule has 0 saturated heterocycles. The van der Waals surface area contributed by atoms with Crippen LogP contribution < -0.4 is 0 Å². The van der Waals surface area contributed by atoms with Crippen molar-refractivity contribution in [2.45, 2.75) is 0 Å². The van der Waals surface area contributed by atoms with Crippen molar-refractivity contribution in [3.05, 3.63) is 0 Å². The van der Waals surface area contributed by atoms with Crippen molar-refractivity contribution in [3.63, 3.8) is 0 Å². The Morgan fingerprint density at radius 1 is 1.20 bits per heavy atom. The van der Waals surface area contributed by atoms with Crippen molar-refractivity contribution < 1.29 is 0 Å². The zero-order valence-electron chi connectivity index (χ0n) is 3.22. The summed E-state index contributed by atoms with van der Waals surface area (Å²) in [6.07, 6.45) is 4.33. The van der Waals surface area contributed by atoms with Gasteiger partial charge in [-0.3, -0.25) is 0 Å². The van der Waals surface area contributed by atoms with Crippen molar-refractivity contribution in [1.29, 1.82) is 0 Å². The third-order valence-corrected chi connectivity index (χ3v) is 8.22. The van der Waals surface area contributed by atoms with Gasteiger partial charge in [-0.25, -0.2) is 0 Å². The van der Waals surface area contributed by atoms with Crippen molar-refractivity contribution in [2.75, 3.05) is 12.5 Å². The minimum atomic E-state index is 0.327. The number of hydrogen-bond donors (Lipinski definition) is 0. The molecule has 32 valence electrons. The molecule has 0 aromatic heterocycles. The van der Waals surface area contributed by atoms with Gasteiger partial charge >= 0.3 is 48.7 Å². The third-order valence-electron chi connectivity index (χ3n) is 0.136. The molecular weight excluding hydrogens is 216 g/mol. The first kappa shape index (κ1) is 6.49. The first-order chi connectivity index (χ1) is 2.41. The molecule has 0 rings (SSSR count). The maximum absolute atomic E-state index is 2.17. The summed E-state index contributed by atoms with van der Waals surface area (Å²) in [7, 11) is 3.99. The molecular formula is C2H6S2Te. The van der Waals surface area contributed by atoms with Gasteiger partial charge in [0, 0.05) is 0 Å². The Morgan fingerprint density at radius 3 is 1.60 bits per heavy atom. The molecule has 0 aliphatic rings. The fraction of sp³-hybridized carbons (Fsp3) is 1.00. The monoisotopic (exact) mass is 224 g/mol. The van der Waals surface area contributed by atoms with Crippen LogP contribution in [0, 0.1) is 0 Å². The first-order valence-electron chi connectivity index (χ1n) is 1.15. The van der Waals surface area contributed by atoms with Crippen LogP contribution in [0.2, 0.25) is 0 Å². The van der Waals surface area contributed by atoms with E-state index in [9.17, 15) is 0 Å². The van der Waals surface area contributed by atoms with Crippen LogP contribution in [-0.4, -0.2) is 30.7 Å². The van der Waals surface area contributed by atoms with E-state index in [1.807, 2.05) is 18.0 Å². The molecule has 0 aliphatic heterocycles. The van der Waals surface area contributed by atoms with Crippen molar-refractivity contribution in [3.8, 4) is 0 Å². The van der Waals surface area contributed by atoms with Gasteiger partial charge in [-0.1, -0.05) is 0 Å². The molecule has 0 aliphatic carbocycles. The molecule has 0 bridgehead atoms. The normalized spacial score (nSPS) is 8.40. The molecule has 0 aromatic carbocycles. The fourth-order valence-electron chi connectivity index (χ4n) is 0.0680. The third kappa shape index (κ3) is 5.49. The van der Waals surface area contributed by atoms with Crippen molar-refractivity contribution >= 4 is 36.2 Å². The van der Waals surface area contributed by atoms with E-state index >= 15 is 0 Å². The summed E-state index contributed by atoms with van der Waals surface area (Å²) in [6.45, 7) is 0. The molecule has 3 heteroatoms. The van der Waals surface area contributed by atoms with Crippen LogP contribution in [0.25, 0.3) is 0 Å². The zero-order valence-corrected chi connectivity index (χ0v) is 7.19. The van der Waals surface area contributed by atoms with E-state index in [2.05, 4.69) is 12.5 Å². The van der Waals surface area contributed by atoms with E-state index in [0.717, 1.165) is 0 Å². The van der Waals surface area contributed by atoms with Crippen LogP contribution in [-0.2, 0) is 0 Å². The van der Waals surface area contributed by atoms with E-state index in [1.54, 1.807) is 0 Å². The van der Waals surface area contributed by atoms with E-state index in [0.29, 0.717) is 18.2 Å². The van der Waals surface area contributed by atoms with Gasteiger partial charge in [-0.05, 0) is 0 Å². The van der Waals surface area contributed by atoms with Gasteiger partial charge in [0.1, 0.15) is 0 Å². The topological polar surface area (TPSA) is 0 Å². The molecule has 0 radical (unpaired) electrons. The Hall–Kier alpha value is 1.49. The Kier molecular flexibility index (Phi) is 7.13. The summed E-state index contributed by atoms with van der Waals surface area (Å²) >= 11 is 0.327. The standard InChI is InChI=1S/C2H6S2Te/c1-3-5-4-2/h1-2H3. The molecule has 0 unspecified atom stereocenters. The fourth-order valence-corrected chi connectivity index (χ4v) is 4.11. The molecule has 0 atom stereocenters. The molecule has 5 heavy (non-hydrogen) atoms. The second kappa shape index (κ2) is 5.49. The molecule has 0 saturated carbocycles. The van der Waals surface area contributed by atoms with Gasteiger partial charge in [0.15, 0.2) is 0 Å². The molecule has 0 amide bonds. The van der Waals surface area contributed by atoms with Crippen molar-refractivity contribution in [2.24, 2.45) is 0 Å². The van der Waals surface area contributed by atoms with Gasteiger partial charge < -0.3 is 0 Å². The van der Waals surface area contributed by atoms with Gasteiger partial charge in [0.2, 0.25) is 0 Å². The number of hydrogen-bond acceptors (Lipinski definition) is 2. The summed E-state index contributed by atoms with van der Waals surface area (Å²) in [4.78, 5) is 0. The summed E-state index contributed by atoms with van der Waals surface area (Å²) in [5.41, 5.74) is 0. The van der Waals surface area contributed by atoms with Crippen LogP contribution in [0.1, 0.15) is 0 Å². The Labute approximate surface area is 48.5 Å². The quantitative estimate of drug-likeness (QED) is 0.644. The minimum absolute atomic E-state index is 0.327. The summed E-state index contributed by atoms with van der Waals surface area (Å²) in [5, 5.41) is 0. The van der Waals surface area contributed by atoms with Crippen molar-refractivity contribution in [1.82, 2.24) is 0 Å². The van der Waals surface area contributed by atoms with Crippen LogP contribution in [0.3, 0.4) is 0 Å². The second-order valence-electron chi connectivity index (χ2n) is 0.401. The van der Waals surface area contributed by atoms with E-state index in [1.165, 1.54) is 0 Å². The van der Waals surface area contributed by atoms with Gasteiger partial charge in [-0.15, -0.1) is 0 Å². The predicted molar refractivity (Wildman–Crippen MR) is 32.8 cm³/mol. The Morgan fingerprint density at radius 2 is 1.60 bits per heavy atom. The first-order valence-corrected chi connectivity index (χ1v) is 9.16. The van der Waals surface area contributed by atoms with Gasteiger partial charge in [0.05, 0.1) is 0 Å². The van der Waals surface area contributed by atoms with Crippen LogP contribution >= 0.6 is 18.0 Å². The van der Waals surface area contributed by atoms with E-state index in [4.69, 9.17) is 0 Å². The summed E-state index contributed by atoms with van der Waals surface area (Å²) in [6, 6.07) is 0. The van der Waals surface area contributed by atoms with Crippen LogP contribution in [0.4, 0.5) is 0 Å². The molecule has 0 heterocycles. The van der Waals surface area contributed by atoms with Crippen LogP contribution in [0.15, 0.2) is 0 Å². The molecule has 0 aromatic rings. The Bertz CT molecular complexity index is 15.1. The number of rotatable bonds is 2. The Balaban J connectivity index is 2.19. The predicted octanol–water partition coefficient (Wildman–Crippen LogP) is 1.25. The summed E-state index contributed by atoms with van der Waals surface area (Å²) < 4.78 is 0. The average molecular weight is 222 g/mol. The van der Waals surface area contributed by atoms with E-state index < -0.39 is 0 Å². The molecule has 0 spiro atoms. The average Bonchev–Trinajstić information content (AvgIpc) is 1.41. The SMILES string of the molecule is CS[Te]SC. The molecule has 0 fully saturated rings. The maximum atomic E-state index is 2.17. The van der Waals surface area contributed by atoms with E-state index in [-0.39, 0.29) is 0 Å². The zero-order chi connectivity index (χ0) is 4.12. The molecule has 0 nitrogen and oxygen atoms in total. The molecule has 0 N–H and O–H groups in total. The van der Waals surface area contributed by atoms with Gasteiger partial charge in [0.25, 0.3) is 0 Å². The van der Waals surface area contributed by atoms with Gasteiger partial charge in [-0.2, -0.15) is 0 Å².